The van der Waals surface area contributed by atoms with Crippen LogP contribution in [-0.2, 0) is 4.79 Å². The number of anilines is 1. The molecule has 1 aliphatic heterocycles. The fraction of sp³-hybridized carbons (Fsp3) is 0.250. The Labute approximate surface area is 155 Å². The van der Waals surface area contributed by atoms with E-state index in [1.165, 1.54) is 5.56 Å². The number of ketones is 1. The van der Waals surface area contributed by atoms with Crippen molar-refractivity contribution in [2.24, 2.45) is 0 Å². The van der Waals surface area contributed by atoms with E-state index in [0.717, 1.165) is 34.6 Å². The third kappa shape index (κ3) is 2.41. The van der Waals surface area contributed by atoms with Crippen molar-refractivity contribution in [3.8, 4) is 10.7 Å². The monoisotopic (exact) mass is 362 g/mol. The molecule has 0 saturated heterocycles. The number of allylic oxidation sites excluding steroid dienone is 2. The predicted molar refractivity (Wildman–Crippen MR) is 102 cm³/mol. The molecule has 1 unspecified atom stereocenters. The lowest BCUT2D eigenvalue weighted by Crippen LogP contribution is -2.31. The molecule has 0 spiro atoms. The van der Waals surface area contributed by atoms with Crippen LogP contribution in [0.5, 0.6) is 0 Å². The minimum atomic E-state index is -0.212. The molecule has 5 nitrogen and oxygen atoms in total. The standard InChI is InChI=1S/C20H18N4OS/c1-12-7-9-13(10-8-12)18-17-14(4-2-5-15(17)25)21-20-22-19(23-24(18)20)16-6-3-11-26-16/h3,6-11,18H,2,4-5H2,1H3,(H,21,22,23). The Bertz CT molecular complexity index is 1010. The number of thiophene rings is 1. The van der Waals surface area contributed by atoms with Crippen molar-refractivity contribution >= 4 is 23.1 Å². The van der Waals surface area contributed by atoms with Crippen LogP contribution in [0.4, 0.5) is 5.95 Å². The fourth-order valence-electron chi connectivity index (χ4n) is 3.72. The molecule has 0 fully saturated rings. The van der Waals surface area contributed by atoms with Gasteiger partial charge in [-0.25, -0.2) is 4.68 Å². The molecule has 6 heteroatoms. The summed E-state index contributed by atoms with van der Waals surface area (Å²) in [6.07, 6.45) is 2.37. The maximum absolute atomic E-state index is 12.8. The molecule has 0 amide bonds. The lowest BCUT2D eigenvalue weighted by atomic mass is 9.85. The molecule has 3 heterocycles. The molecular weight excluding hydrogens is 344 g/mol. The summed E-state index contributed by atoms with van der Waals surface area (Å²) in [4.78, 5) is 18.5. The van der Waals surface area contributed by atoms with Crippen LogP contribution in [0.15, 0.2) is 53.0 Å². The van der Waals surface area contributed by atoms with Gasteiger partial charge in [0.2, 0.25) is 5.95 Å². The van der Waals surface area contributed by atoms with E-state index < -0.39 is 0 Å². The van der Waals surface area contributed by atoms with Crippen molar-refractivity contribution in [2.75, 3.05) is 5.32 Å². The first-order chi connectivity index (χ1) is 12.7. The molecule has 0 radical (unpaired) electrons. The average Bonchev–Trinajstić information content (AvgIpc) is 3.30. The molecule has 5 rings (SSSR count). The number of benzene rings is 1. The number of carbonyl (C=O) groups is 1. The van der Waals surface area contributed by atoms with Crippen LogP contribution in [0.25, 0.3) is 10.7 Å². The number of fused-ring (bicyclic) bond motifs is 1. The minimum absolute atomic E-state index is 0.211. The maximum atomic E-state index is 12.8. The molecule has 3 aromatic rings. The summed E-state index contributed by atoms with van der Waals surface area (Å²) < 4.78 is 1.88. The summed E-state index contributed by atoms with van der Waals surface area (Å²) in [7, 11) is 0. The summed E-state index contributed by atoms with van der Waals surface area (Å²) >= 11 is 1.62. The van der Waals surface area contributed by atoms with Gasteiger partial charge in [0, 0.05) is 17.7 Å². The highest BCUT2D eigenvalue weighted by Gasteiger charge is 2.36. The Kier molecular flexibility index (Phi) is 3.53. The molecule has 2 aliphatic rings. The SMILES string of the molecule is Cc1ccc(C2C3=C(CCCC3=O)Nc3nc(-c4cccs4)nn32)cc1. The number of hydrogen-bond donors (Lipinski definition) is 1. The molecule has 0 bridgehead atoms. The zero-order valence-electron chi connectivity index (χ0n) is 14.4. The zero-order chi connectivity index (χ0) is 17.7. The maximum Gasteiger partial charge on any atom is 0.226 e. The van der Waals surface area contributed by atoms with Crippen LogP contribution >= 0.6 is 11.3 Å². The van der Waals surface area contributed by atoms with E-state index in [2.05, 4.69) is 36.5 Å². The quantitative estimate of drug-likeness (QED) is 0.737. The van der Waals surface area contributed by atoms with Crippen molar-refractivity contribution in [3.63, 3.8) is 0 Å². The molecule has 2 aromatic heterocycles. The van der Waals surface area contributed by atoms with Gasteiger partial charge < -0.3 is 5.32 Å². The van der Waals surface area contributed by atoms with E-state index >= 15 is 0 Å². The van der Waals surface area contributed by atoms with Crippen LogP contribution in [0.1, 0.15) is 36.4 Å². The second kappa shape index (κ2) is 5.92. The molecular formula is C20H18N4OS. The zero-order valence-corrected chi connectivity index (χ0v) is 15.2. The van der Waals surface area contributed by atoms with Crippen LogP contribution in [0.3, 0.4) is 0 Å². The molecule has 1 atom stereocenters. The van der Waals surface area contributed by atoms with Crippen LogP contribution in [-0.4, -0.2) is 20.5 Å². The number of nitrogens with one attached hydrogen (secondary N) is 1. The summed E-state index contributed by atoms with van der Waals surface area (Å²) in [5.74, 6) is 1.63. The smallest absolute Gasteiger partial charge is 0.226 e. The van der Waals surface area contributed by atoms with Gasteiger partial charge in [0.15, 0.2) is 11.6 Å². The van der Waals surface area contributed by atoms with Gasteiger partial charge in [0.05, 0.1) is 4.88 Å². The molecule has 1 aliphatic carbocycles. The topological polar surface area (TPSA) is 59.8 Å². The van der Waals surface area contributed by atoms with Crippen molar-refractivity contribution in [1.29, 1.82) is 0 Å². The molecule has 130 valence electrons. The predicted octanol–water partition coefficient (Wildman–Crippen LogP) is 4.34. The third-order valence-corrected chi connectivity index (χ3v) is 5.87. The lowest BCUT2D eigenvalue weighted by molar-refractivity contribution is -0.116. The molecule has 26 heavy (non-hydrogen) atoms. The first kappa shape index (κ1) is 15.5. The fourth-order valence-corrected chi connectivity index (χ4v) is 4.38. The van der Waals surface area contributed by atoms with Gasteiger partial charge in [0.25, 0.3) is 0 Å². The first-order valence-corrected chi connectivity index (χ1v) is 9.69. The normalized spacial score (nSPS) is 19.1. The largest absolute Gasteiger partial charge is 0.328 e. The van der Waals surface area contributed by atoms with Crippen LogP contribution < -0.4 is 5.32 Å². The molecule has 1 aromatic carbocycles. The summed E-state index contributed by atoms with van der Waals surface area (Å²) in [5, 5.41) is 10.2. The molecule has 1 N–H and O–H groups in total. The van der Waals surface area contributed by atoms with Crippen molar-refractivity contribution in [2.45, 2.75) is 32.2 Å². The number of carbonyl (C=O) groups excluding carboxylic acids is 1. The van der Waals surface area contributed by atoms with Gasteiger partial charge in [-0.2, -0.15) is 4.98 Å². The minimum Gasteiger partial charge on any atom is -0.328 e. The van der Waals surface area contributed by atoms with Gasteiger partial charge >= 0.3 is 0 Å². The van der Waals surface area contributed by atoms with E-state index in [0.29, 0.717) is 18.2 Å². The second-order valence-corrected chi connectivity index (χ2v) is 7.74. The average molecular weight is 362 g/mol. The number of hydrogen-bond acceptors (Lipinski definition) is 5. The Morgan fingerprint density at radius 3 is 2.81 bits per heavy atom. The second-order valence-electron chi connectivity index (χ2n) is 6.79. The lowest BCUT2D eigenvalue weighted by Gasteiger charge is -2.32. The van der Waals surface area contributed by atoms with Gasteiger partial charge in [-0.15, -0.1) is 16.4 Å². The summed E-state index contributed by atoms with van der Waals surface area (Å²) in [6, 6.07) is 12.2. The first-order valence-electron chi connectivity index (χ1n) is 8.81. The van der Waals surface area contributed by atoms with E-state index in [9.17, 15) is 4.79 Å². The Balaban J connectivity index is 1.69. The number of aryl methyl sites for hydroxylation is 1. The molecule has 0 saturated carbocycles. The Hall–Kier alpha value is -2.73. The number of rotatable bonds is 2. The highest BCUT2D eigenvalue weighted by Crippen LogP contribution is 2.40. The van der Waals surface area contributed by atoms with Crippen molar-refractivity contribution in [1.82, 2.24) is 14.8 Å². The van der Waals surface area contributed by atoms with E-state index in [-0.39, 0.29) is 11.8 Å². The number of Topliss-reactive ketones (excluding diaryl/α,β-unsaturated/α-hetero) is 1. The Morgan fingerprint density at radius 1 is 1.19 bits per heavy atom. The van der Waals surface area contributed by atoms with Gasteiger partial charge in [-0.3, -0.25) is 4.79 Å². The number of nitrogens with zero attached hydrogens (tertiary/aromatic N) is 3. The van der Waals surface area contributed by atoms with Crippen molar-refractivity contribution < 1.29 is 4.79 Å². The van der Waals surface area contributed by atoms with Gasteiger partial charge in [-0.05, 0) is 36.8 Å². The summed E-state index contributed by atoms with van der Waals surface area (Å²) in [6.45, 7) is 2.07. The van der Waals surface area contributed by atoms with Crippen molar-refractivity contribution in [3.05, 3.63) is 64.2 Å². The van der Waals surface area contributed by atoms with Gasteiger partial charge in [0.1, 0.15) is 6.04 Å². The third-order valence-electron chi connectivity index (χ3n) is 5.00. The highest BCUT2D eigenvalue weighted by atomic mass is 32.1. The Morgan fingerprint density at radius 2 is 2.04 bits per heavy atom. The van der Waals surface area contributed by atoms with Crippen LogP contribution in [0.2, 0.25) is 0 Å². The van der Waals surface area contributed by atoms with E-state index in [4.69, 9.17) is 10.1 Å². The summed E-state index contributed by atoms with van der Waals surface area (Å²) in [5.41, 5.74) is 4.12. The van der Waals surface area contributed by atoms with E-state index in [1.807, 2.05) is 22.2 Å². The van der Waals surface area contributed by atoms with Gasteiger partial charge in [-0.1, -0.05) is 35.9 Å². The van der Waals surface area contributed by atoms with Crippen LogP contribution in [0, 0.1) is 6.92 Å². The highest BCUT2D eigenvalue weighted by molar-refractivity contribution is 7.13. The van der Waals surface area contributed by atoms with E-state index in [1.54, 1.807) is 11.3 Å². The number of aromatic nitrogens is 3.